The van der Waals surface area contributed by atoms with Crippen molar-refractivity contribution in [2.45, 2.75) is 33.4 Å². The largest absolute Gasteiger partial charge is 0.377 e. The van der Waals surface area contributed by atoms with Gasteiger partial charge >= 0.3 is 0 Å². The van der Waals surface area contributed by atoms with Crippen molar-refractivity contribution >= 4 is 17.3 Å². The third-order valence-corrected chi connectivity index (χ3v) is 3.53. The quantitative estimate of drug-likeness (QED) is 0.904. The van der Waals surface area contributed by atoms with Crippen molar-refractivity contribution in [3.8, 4) is 0 Å². The van der Waals surface area contributed by atoms with E-state index in [2.05, 4.69) is 10.4 Å². The fourth-order valence-corrected chi connectivity index (χ4v) is 2.34. The molecule has 0 saturated carbocycles. The Morgan fingerprint density at radius 3 is 2.70 bits per heavy atom. The number of anilines is 1. The van der Waals surface area contributed by atoms with Gasteiger partial charge in [-0.1, -0.05) is 24.6 Å². The van der Waals surface area contributed by atoms with Crippen molar-refractivity contribution in [3.63, 3.8) is 0 Å². The van der Waals surface area contributed by atoms with E-state index < -0.39 is 11.6 Å². The molecular weight excluding hydrogens is 284 g/mol. The Bertz CT molecular complexity index is 611. The molecule has 0 aliphatic carbocycles. The number of hydrogen-bond acceptors (Lipinski definition) is 2. The molecular formula is C14H16ClF2N3. The van der Waals surface area contributed by atoms with Gasteiger partial charge in [-0.2, -0.15) is 5.10 Å². The van der Waals surface area contributed by atoms with Crippen LogP contribution in [-0.2, 0) is 19.5 Å². The normalized spacial score (nSPS) is 10.8. The molecule has 20 heavy (non-hydrogen) atoms. The van der Waals surface area contributed by atoms with Crippen molar-refractivity contribution in [2.24, 2.45) is 0 Å². The molecule has 0 spiro atoms. The van der Waals surface area contributed by atoms with E-state index in [0.29, 0.717) is 18.1 Å². The first-order chi connectivity index (χ1) is 9.58. The molecule has 0 aliphatic heterocycles. The summed E-state index contributed by atoms with van der Waals surface area (Å²) in [6.07, 6.45) is 0.729. The molecule has 3 nitrogen and oxygen atoms in total. The first kappa shape index (κ1) is 14.8. The Balaban J connectivity index is 2.22. The second kappa shape index (κ2) is 6.22. The van der Waals surface area contributed by atoms with Crippen LogP contribution in [0.25, 0.3) is 0 Å². The topological polar surface area (TPSA) is 29.9 Å². The summed E-state index contributed by atoms with van der Waals surface area (Å²) in [5.41, 5.74) is 1.70. The highest BCUT2D eigenvalue weighted by Gasteiger charge is 2.15. The number of nitrogens with one attached hydrogen (secondary N) is 1. The van der Waals surface area contributed by atoms with E-state index in [-0.39, 0.29) is 5.69 Å². The maximum Gasteiger partial charge on any atom is 0.181 e. The summed E-state index contributed by atoms with van der Waals surface area (Å²) in [6, 6.07) is 4.02. The maximum atomic E-state index is 13.6. The van der Waals surface area contributed by atoms with Crippen LogP contribution >= 0.6 is 11.6 Å². The smallest absolute Gasteiger partial charge is 0.181 e. The SMILES string of the molecule is CCc1nn(CC)c(CNc2cccc(F)c2F)c1Cl. The van der Waals surface area contributed by atoms with Crippen LogP contribution < -0.4 is 5.32 Å². The van der Waals surface area contributed by atoms with Crippen molar-refractivity contribution in [2.75, 3.05) is 5.32 Å². The van der Waals surface area contributed by atoms with Gasteiger partial charge in [0.25, 0.3) is 0 Å². The van der Waals surface area contributed by atoms with Crippen LogP contribution in [0.5, 0.6) is 0 Å². The summed E-state index contributed by atoms with van der Waals surface area (Å²) in [6.45, 7) is 4.88. The number of halogens is 3. The number of hydrogen-bond donors (Lipinski definition) is 1. The molecule has 108 valence electrons. The van der Waals surface area contributed by atoms with Crippen LogP contribution in [-0.4, -0.2) is 9.78 Å². The first-order valence-electron chi connectivity index (χ1n) is 6.50. The molecule has 0 atom stereocenters. The minimum atomic E-state index is -0.887. The van der Waals surface area contributed by atoms with E-state index in [1.54, 1.807) is 4.68 Å². The van der Waals surface area contributed by atoms with Crippen molar-refractivity contribution in [1.82, 2.24) is 9.78 Å². The summed E-state index contributed by atoms with van der Waals surface area (Å²) < 4.78 is 28.5. The van der Waals surface area contributed by atoms with Crippen LogP contribution in [0, 0.1) is 11.6 Å². The Morgan fingerprint density at radius 2 is 2.05 bits per heavy atom. The molecule has 1 N–H and O–H groups in total. The van der Waals surface area contributed by atoms with E-state index in [1.165, 1.54) is 12.1 Å². The Labute approximate surface area is 121 Å². The average molecular weight is 300 g/mol. The number of benzene rings is 1. The van der Waals surface area contributed by atoms with Crippen molar-refractivity contribution in [1.29, 1.82) is 0 Å². The molecule has 2 rings (SSSR count). The standard InChI is InChI=1S/C14H16ClF2N3/c1-3-10-13(15)12(20(4-2)19-10)8-18-11-7-5-6-9(16)14(11)17/h5-7,18H,3-4,8H2,1-2H3. The molecule has 0 saturated heterocycles. The highest BCUT2D eigenvalue weighted by molar-refractivity contribution is 6.31. The van der Waals surface area contributed by atoms with Gasteiger partial charge in [-0.15, -0.1) is 0 Å². The minimum absolute atomic E-state index is 0.114. The van der Waals surface area contributed by atoms with Gasteiger partial charge in [0.2, 0.25) is 0 Å². The lowest BCUT2D eigenvalue weighted by Crippen LogP contribution is -2.09. The van der Waals surface area contributed by atoms with Gasteiger partial charge in [0.05, 0.1) is 28.6 Å². The van der Waals surface area contributed by atoms with Gasteiger partial charge < -0.3 is 5.32 Å². The van der Waals surface area contributed by atoms with Gasteiger partial charge in [-0.3, -0.25) is 4.68 Å². The third-order valence-electron chi connectivity index (χ3n) is 3.09. The molecule has 2 aromatic rings. The second-order valence-electron chi connectivity index (χ2n) is 4.33. The van der Waals surface area contributed by atoms with Gasteiger partial charge in [-0.05, 0) is 25.5 Å². The summed E-state index contributed by atoms with van der Waals surface area (Å²) in [5, 5.41) is 7.82. The number of aryl methyl sites for hydroxylation is 2. The highest BCUT2D eigenvalue weighted by atomic mass is 35.5. The summed E-state index contributed by atoms with van der Waals surface area (Å²) in [5.74, 6) is -1.76. The Hall–Kier alpha value is -1.62. The van der Waals surface area contributed by atoms with E-state index in [4.69, 9.17) is 11.6 Å². The average Bonchev–Trinajstić information content (AvgIpc) is 2.76. The van der Waals surface area contributed by atoms with Crippen molar-refractivity contribution in [3.05, 3.63) is 46.2 Å². The number of rotatable bonds is 5. The fraction of sp³-hybridized carbons (Fsp3) is 0.357. The lowest BCUT2D eigenvalue weighted by molar-refractivity contribution is 0.510. The van der Waals surface area contributed by atoms with Crippen LogP contribution in [0.4, 0.5) is 14.5 Å². The summed E-state index contributed by atoms with van der Waals surface area (Å²) in [4.78, 5) is 0. The van der Waals surface area contributed by atoms with Gasteiger partial charge in [0, 0.05) is 6.54 Å². The Morgan fingerprint density at radius 1 is 1.30 bits per heavy atom. The molecule has 0 aliphatic rings. The van der Waals surface area contributed by atoms with E-state index in [0.717, 1.165) is 23.9 Å². The second-order valence-corrected chi connectivity index (χ2v) is 4.71. The van der Waals surface area contributed by atoms with Crippen LogP contribution in [0.3, 0.4) is 0 Å². The third kappa shape index (κ3) is 2.77. The molecule has 0 unspecified atom stereocenters. The highest BCUT2D eigenvalue weighted by Crippen LogP contribution is 2.24. The molecule has 1 heterocycles. The Kier molecular flexibility index (Phi) is 4.60. The zero-order valence-corrected chi connectivity index (χ0v) is 12.1. The molecule has 0 amide bonds. The van der Waals surface area contributed by atoms with Crippen LogP contribution in [0.1, 0.15) is 25.2 Å². The zero-order valence-electron chi connectivity index (χ0n) is 11.4. The van der Waals surface area contributed by atoms with Gasteiger partial charge in [0.1, 0.15) is 0 Å². The molecule has 6 heteroatoms. The van der Waals surface area contributed by atoms with Gasteiger partial charge in [-0.25, -0.2) is 8.78 Å². The van der Waals surface area contributed by atoms with Crippen LogP contribution in [0.15, 0.2) is 18.2 Å². The molecule has 0 radical (unpaired) electrons. The summed E-state index contributed by atoms with van der Waals surface area (Å²) >= 11 is 6.25. The monoisotopic (exact) mass is 299 g/mol. The molecule has 0 bridgehead atoms. The maximum absolute atomic E-state index is 13.6. The van der Waals surface area contributed by atoms with Gasteiger partial charge in [0.15, 0.2) is 11.6 Å². The lowest BCUT2D eigenvalue weighted by Gasteiger charge is -2.09. The van der Waals surface area contributed by atoms with E-state index >= 15 is 0 Å². The minimum Gasteiger partial charge on any atom is -0.377 e. The van der Waals surface area contributed by atoms with E-state index in [1.807, 2.05) is 13.8 Å². The van der Waals surface area contributed by atoms with Crippen molar-refractivity contribution < 1.29 is 8.78 Å². The fourth-order valence-electron chi connectivity index (χ4n) is 2.01. The zero-order chi connectivity index (χ0) is 14.7. The predicted octanol–water partition coefficient (Wildman–Crippen LogP) is 4.01. The summed E-state index contributed by atoms with van der Waals surface area (Å²) in [7, 11) is 0. The lowest BCUT2D eigenvalue weighted by atomic mass is 10.2. The molecule has 1 aromatic heterocycles. The van der Waals surface area contributed by atoms with E-state index in [9.17, 15) is 8.78 Å². The molecule has 1 aromatic carbocycles. The molecule has 0 fully saturated rings. The number of nitrogens with zero attached hydrogens (tertiary/aromatic N) is 2. The first-order valence-corrected chi connectivity index (χ1v) is 6.88. The van der Waals surface area contributed by atoms with Crippen LogP contribution in [0.2, 0.25) is 5.02 Å². The number of aromatic nitrogens is 2. The predicted molar refractivity (Wildman–Crippen MR) is 76.0 cm³/mol.